The highest BCUT2D eigenvalue weighted by atomic mass is 16.4. The minimum absolute atomic E-state index is 0.908. The Labute approximate surface area is 281 Å². The molecule has 0 aliphatic rings. The van der Waals surface area contributed by atoms with E-state index in [2.05, 4.69) is 43.4 Å². The molecule has 0 radical (unpaired) electrons. The zero-order valence-corrected chi connectivity index (χ0v) is 28.9. The Kier molecular flexibility index (Phi) is 33.4. The molecular formula is C42H64O4. The third-order valence-corrected chi connectivity index (χ3v) is 7.57. The molecule has 256 valence electrons. The van der Waals surface area contributed by atoms with E-state index in [0.29, 0.717) is 0 Å². The number of carboxylic acid groups (broad SMARTS) is 2. The molecule has 0 aromatic heterocycles. The SMILES string of the molecule is CCCCCCCCCCCC=CC=CC(=CC=CC(=O)O)CCCCCCCCCCCC=CC=CC=CC=CC=CC(=O)O. The second-order valence-electron chi connectivity index (χ2n) is 11.8. The highest BCUT2D eigenvalue weighted by Crippen LogP contribution is 2.15. The van der Waals surface area contributed by atoms with Crippen molar-refractivity contribution in [3.05, 3.63) is 109 Å². The quantitative estimate of drug-likeness (QED) is 0.0453. The lowest BCUT2D eigenvalue weighted by Gasteiger charge is -2.03. The summed E-state index contributed by atoms with van der Waals surface area (Å²) in [6.45, 7) is 2.27. The lowest BCUT2D eigenvalue weighted by Crippen LogP contribution is -1.86. The van der Waals surface area contributed by atoms with Crippen LogP contribution in [0.4, 0.5) is 0 Å². The summed E-state index contributed by atoms with van der Waals surface area (Å²) in [7, 11) is 0. The van der Waals surface area contributed by atoms with Crippen molar-refractivity contribution in [2.45, 2.75) is 142 Å². The largest absolute Gasteiger partial charge is 0.478 e. The van der Waals surface area contributed by atoms with Gasteiger partial charge < -0.3 is 10.2 Å². The molecule has 0 fully saturated rings. The highest BCUT2D eigenvalue weighted by Gasteiger charge is 1.96. The van der Waals surface area contributed by atoms with E-state index >= 15 is 0 Å². The Balaban J connectivity index is 3.94. The van der Waals surface area contributed by atoms with Crippen LogP contribution >= 0.6 is 0 Å². The Morgan fingerprint density at radius 1 is 0.413 bits per heavy atom. The molecule has 0 saturated heterocycles. The normalized spacial score (nSPS) is 13.2. The Morgan fingerprint density at radius 3 is 1.28 bits per heavy atom. The van der Waals surface area contributed by atoms with Gasteiger partial charge >= 0.3 is 11.9 Å². The third-order valence-electron chi connectivity index (χ3n) is 7.57. The summed E-state index contributed by atoms with van der Waals surface area (Å²) in [5.74, 6) is -1.85. The van der Waals surface area contributed by atoms with E-state index in [0.717, 1.165) is 31.8 Å². The number of allylic oxidation sites excluding steroid dienone is 16. The molecule has 0 heterocycles. The number of carboxylic acids is 2. The van der Waals surface area contributed by atoms with Crippen LogP contribution in [-0.4, -0.2) is 22.2 Å². The van der Waals surface area contributed by atoms with Gasteiger partial charge in [-0.15, -0.1) is 0 Å². The van der Waals surface area contributed by atoms with E-state index in [4.69, 9.17) is 10.2 Å². The fourth-order valence-corrected chi connectivity index (χ4v) is 4.93. The van der Waals surface area contributed by atoms with Gasteiger partial charge in [-0.05, 0) is 44.1 Å². The van der Waals surface area contributed by atoms with Gasteiger partial charge in [0.25, 0.3) is 0 Å². The first-order valence-corrected chi connectivity index (χ1v) is 18.1. The van der Waals surface area contributed by atoms with Gasteiger partial charge in [0.05, 0.1) is 0 Å². The lowest BCUT2D eigenvalue weighted by molar-refractivity contribution is -0.132. The first-order chi connectivity index (χ1) is 22.6. The van der Waals surface area contributed by atoms with E-state index in [1.807, 2.05) is 30.4 Å². The van der Waals surface area contributed by atoms with Crippen LogP contribution in [0.5, 0.6) is 0 Å². The molecule has 0 bridgehead atoms. The van der Waals surface area contributed by atoms with E-state index in [-0.39, 0.29) is 0 Å². The summed E-state index contributed by atoms with van der Waals surface area (Å²) in [6.07, 6.45) is 58.3. The van der Waals surface area contributed by atoms with Crippen LogP contribution in [-0.2, 0) is 9.59 Å². The van der Waals surface area contributed by atoms with Gasteiger partial charge in [-0.3, -0.25) is 0 Å². The standard InChI is InChI=1S/C42H64O4/c1-2-3-4-5-6-7-8-16-19-22-25-28-31-35-40(37-34-39-42(45)46)36-32-29-26-23-20-17-14-12-10-9-11-13-15-18-21-24-27-30-33-38-41(43)44/h11,13,15,18,21,24-25,27-28,30-31,33-35,37-39H,2-10,12,14,16-17,19-20,22-23,26,29,32,36H2,1H3,(H,43,44)(H,45,46). The zero-order valence-electron chi connectivity index (χ0n) is 28.9. The van der Waals surface area contributed by atoms with Gasteiger partial charge in [-0.2, -0.15) is 0 Å². The Morgan fingerprint density at radius 2 is 0.783 bits per heavy atom. The maximum atomic E-state index is 10.9. The second kappa shape index (κ2) is 36.1. The lowest BCUT2D eigenvalue weighted by atomic mass is 10.0. The first kappa shape index (κ1) is 42.6. The predicted molar refractivity (Wildman–Crippen MR) is 199 cm³/mol. The van der Waals surface area contributed by atoms with E-state index in [1.54, 1.807) is 18.2 Å². The van der Waals surface area contributed by atoms with Crippen molar-refractivity contribution in [1.82, 2.24) is 0 Å². The van der Waals surface area contributed by atoms with Crippen LogP contribution in [0.25, 0.3) is 0 Å². The van der Waals surface area contributed by atoms with Gasteiger partial charge in [0.1, 0.15) is 0 Å². The molecule has 2 N–H and O–H groups in total. The van der Waals surface area contributed by atoms with Crippen LogP contribution in [0.3, 0.4) is 0 Å². The summed E-state index contributed by atoms with van der Waals surface area (Å²) in [4.78, 5) is 21.2. The summed E-state index contributed by atoms with van der Waals surface area (Å²) in [5, 5.41) is 17.4. The number of hydrogen-bond acceptors (Lipinski definition) is 2. The predicted octanol–water partition coefficient (Wildman–Crippen LogP) is 12.7. The van der Waals surface area contributed by atoms with Crippen LogP contribution in [0.1, 0.15) is 142 Å². The number of rotatable bonds is 31. The number of unbranched alkanes of at least 4 members (excludes halogenated alkanes) is 18. The molecule has 4 heteroatoms. The van der Waals surface area contributed by atoms with Gasteiger partial charge in [-0.1, -0.05) is 194 Å². The average molecular weight is 633 g/mol. The number of hydrogen-bond donors (Lipinski definition) is 2. The Hall–Kier alpha value is -3.40. The molecule has 0 saturated carbocycles. The Bertz CT molecular complexity index is 1000. The topological polar surface area (TPSA) is 74.6 Å². The summed E-state index contributed by atoms with van der Waals surface area (Å²) in [6, 6.07) is 0. The van der Waals surface area contributed by atoms with E-state index < -0.39 is 11.9 Å². The van der Waals surface area contributed by atoms with Gasteiger partial charge in [0, 0.05) is 12.2 Å². The van der Waals surface area contributed by atoms with Crippen LogP contribution < -0.4 is 0 Å². The highest BCUT2D eigenvalue weighted by molar-refractivity contribution is 5.80. The van der Waals surface area contributed by atoms with Crippen LogP contribution in [0.15, 0.2) is 109 Å². The average Bonchev–Trinajstić information content (AvgIpc) is 3.03. The zero-order chi connectivity index (χ0) is 33.6. The van der Waals surface area contributed by atoms with Crippen molar-refractivity contribution in [3.8, 4) is 0 Å². The molecule has 0 amide bonds. The smallest absolute Gasteiger partial charge is 0.328 e. The van der Waals surface area contributed by atoms with Crippen molar-refractivity contribution >= 4 is 11.9 Å². The summed E-state index contributed by atoms with van der Waals surface area (Å²) in [5.41, 5.74) is 1.19. The molecule has 0 atom stereocenters. The van der Waals surface area contributed by atoms with E-state index in [1.165, 1.54) is 127 Å². The monoisotopic (exact) mass is 632 g/mol. The van der Waals surface area contributed by atoms with Gasteiger partial charge in [-0.25, -0.2) is 9.59 Å². The van der Waals surface area contributed by atoms with Crippen molar-refractivity contribution in [2.75, 3.05) is 0 Å². The van der Waals surface area contributed by atoms with E-state index in [9.17, 15) is 9.59 Å². The fraction of sp³-hybridized carbons (Fsp3) is 0.524. The maximum Gasteiger partial charge on any atom is 0.328 e. The number of carbonyl (C=O) groups is 2. The number of aliphatic carboxylic acids is 2. The maximum absolute atomic E-state index is 10.9. The third kappa shape index (κ3) is 36.8. The second-order valence-corrected chi connectivity index (χ2v) is 11.8. The van der Waals surface area contributed by atoms with Crippen LogP contribution in [0, 0.1) is 0 Å². The van der Waals surface area contributed by atoms with Gasteiger partial charge in [0.2, 0.25) is 0 Å². The van der Waals surface area contributed by atoms with Crippen LogP contribution in [0.2, 0.25) is 0 Å². The minimum Gasteiger partial charge on any atom is -0.478 e. The molecule has 4 nitrogen and oxygen atoms in total. The molecule has 0 unspecified atom stereocenters. The summed E-state index contributed by atoms with van der Waals surface area (Å²) < 4.78 is 0. The molecule has 0 aromatic rings. The van der Waals surface area contributed by atoms with Crippen molar-refractivity contribution in [2.24, 2.45) is 0 Å². The van der Waals surface area contributed by atoms with Crippen molar-refractivity contribution in [1.29, 1.82) is 0 Å². The molecule has 0 aliphatic heterocycles. The first-order valence-electron chi connectivity index (χ1n) is 18.1. The molecule has 0 spiro atoms. The molecule has 46 heavy (non-hydrogen) atoms. The minimum atomic E-state index is -0.944. The van der Waals surface area contributed by atoms with Gasteiger partial charge in [0.15, 0.2) is 0 Å². The fourth-order valence-electron chi connectivity index (χ4n) is 4.93. The molecular weight excluding hydrogens is 568 g/mol. The van der Waals surface area contributed by atoms with Crippen molar-refractivity contribution in [3.63, 3.8) is 0 Å². The molecule has 0 aromatic carbocycles. The molecule has 0 rings (SSSR count). The molecule has 0 aliphatic carbocycles. The van der Waals surface area contributed by atoms with Crippen molar-refractivity contribution < 1.29 is 19.8 Å². The summed E-state index contributed by atoms with van der Waals surface area (Å²) >= 11 is 0.